The molecule has 4 heteroatoms. The Bertz CT molecular complexity index is 330. The largest absolute Gasteiger partial charge is 0.384 e. The average molecular weight is 254 g/mol. The van der Waals surface area contributed by atoms with E-state index in [0.29, 0.717) is 6.61 Å². The molecule has 1 heterocycles. The molecule has 0 bridgehead atoms. The molecule has 0 radical (unpaired) electrons. The molecule has 1 saturated heterocycles. The number of amides is 1. The molecule has 1 aliphatic carbocycles. The molecule has 2 rings (SSSR count). The number of carbonyl (C=O) groups is 1. The van der Waals surface area contributed by atoms with Gasteiger partial charge in [0.25, 0.3) is 0 Å². The Morgan fingerprint density at radius 3 is 2.33 bits per heavy atom. The molecule has 1 atom stereocenters. The third kappa shape index (κ3) is 1.86. The van der Waals surface area contributed by atoms with Crippen LogP contribution in [0.1, 0.15) is 34.1 Å². The molecule has 1 saturated carbocycles. The highest BCUT2D eigenvalue weighted by Crippen LogP contribution is 2.62. The summed E-state index contributed by atoms with van der Waals surface area (Å²) in [6.07, 6.45) is 0.861. The summed E-state index contributed by atoms with van der Waals surface area (Å²) in [7, 11) is 1.67. The zero-order valence-corrected chi connectivity index (χ0v) is 12.2. The van der Waals surface area contributed by atoms with Gasteiger partial charge in [0, 0.05) is 19.7 Å². The van der Waals surface area contributed by atoms with Gasteiger partial charge in [-0.15, -0.1) is 0 Å². The van der Waals surface area contributed by atoms with Gasteiger partial charge in [0.05, 0.1) is 12.0 Å². The Kier molecular flexibility index (Phi) is 3.23. The molecule has 1 amide bonds. The van der Waals surface area contributed by atoms with Gasteiger partial charge >= 0.3 is 0 Å². The quantitative estimate of drug-likeness (QED) is 0.791. The summed E-state index contributed by atoms with van der Waals surface area (Å²) in [5.41, 5.74) is -0.00455. The first kappa shape index (κ1) is 13.8. The second-order valence-electron chi connectivity index (χ2n) is 6.99. The van der Waals surface area contributed by atoms with Crippen LogP contribution < -0.4 is 10.6 Å². The highest BCUT2D eigenvalue weighted by atomic mass is 16.5. The van der Waals surface area contributed by atoms with Crippen molar-refractivity contribution in [2.45, 2.75) is 40.2 Å². The van der Waals surface area contributed by atoms with Crippen molar-refractivity contribution in [3.8, 4) is 0 Å². The normalized spacial score (nSPS) is 33.4. The van der Waals surface area contributed by atoms with Gasteiger partial charge in [-0.2, -0.15) is 0 Å². The predicted molar refractivity (Wildman–Crippen MR) is 71.3 cm³/mol. The molecule has 1 aliphatic heterocycles. The Labute approximate surface area is 110 Å². The first-order chi connectivity index (χ1) is 8.28. The summed E-state index contributed by atoms with van der Waals surface area (Å²) in [4.78, 5) is 12.6. The van der Waals surface area contributed by atoms with Crippen LogP contribution in [-0.4, -0.2) is 38.8 Å². The molecule has 18 heavy (non-hydrogen) atoms. The minimum atomic E-state index is -0.372. The Balaban J connectivity index is 2.04. The van der Waals surface area contributed by atoms with Crippen molar-refractivity contribution in [2.24, 2.45) is 16.2 Å². The van der Waals surface area contributed by atoms with E-state index in [2.05, 4.69) is 38.3 Å². The second kappa shape index (κ2) is 4.20. The van der Waals surface area contributed by atoms with Crippen molar-refractivity contribution >= 4 is 5.91 Å². The van der Waals surface area contributed by atoms with E-state index >= 15 is 0 Å². The number of hydrogen-bond acceptors (Lipinski definition) is 3. The first-order valence-corrected chi connectivity index (χ1v) is 6.78. The van der Waals surface area contributed by atoms with Crippen LogP contribution in [0, 0.1) is 16.2 Å². The van der Waals surface area contributed by atoms with Crippen molar-refractivity contribution in [1.29, 1.82) is 0 Å². The fourth-order valence-electron chi connectivity index (χ4n) is 3.24. The molecule has 0 aromatic rings. The van der Waals surface area contributed by atoms with Gasteiger partial charge in [-0.25, -0.2) is 0 Å². The third-order valence-electron chi connectivity index (χ3n) is 5.44. The molecule has 0 spiro atoms. The van der Waals surface area contributed by atoms with E-state index in [9.17, 15) is 4.79 Å². The van der Waals surface area contributed by atoms with Crippen LogP contribution in [0.3, 0.4) is 0 Å². The monoisotopic (exact) mass is 254 g/mol. The first-order valence-electron chi connectivity index (χ1n) is 6.78. The molecular weight excluding hydrogens is 228 g/mol. The van der Waals surface area contributed by atoms with Gasteiger partial charge in [-0.1, -0.05) is 27.7 Å². The topological polar surface area (TPSA) is 50.4 Å². The van der Waals surface area contributed by atoms with Crippen molar-refractivity contribution in [1.82, 2.24) is 10.6 Å². The molecule has 2 N–H and O–H groups in total. The summed E-state index contributed by atoms with van der Waals surface area (Å²) in [6, 6.07) is 0.270. The zero-order valence-electron chi connectivity index (χ0n) is 12.2. The zero-order chi connectivity index (χ0) is 13.6. The molecule has 0 aromatic carbocycles. The van der Waals surface area contributed by atoms with Crippen molar-refractivity contribution < 1.29 is 9.53 Å². The molecule has 1 unspecified atom stereocenters. The number of carbonyl (C=O) groups excluding carboxylic acids is 1. The van der Waals surface area contributed by atoms with Crippen LogP contribution in [0.4, 0.5) is 0 Å². The van der Waals surface area contributed by atoms with Gasteiger partial charge in [0.2, 0.25) is 5.91 Å². The molecule has 2 aliphatic rings. The Hall–Kier alpha value is -0.610. The van der Waals surface area contributed by atoms with Crippen LogP contribution in [0.25, 0.3) is 0 Å². The SMILES string of the molecule is COCC1(C(=O)NC2C(C)(C)C2(C)C)CCNC1. The van der Waals surface area contributed by atoms with Gasteiger partial charge < -0.3 is 15.4 Å². The van der Waals surface area contributed by atoms with Crippen LogP contribution in [0.5, 0.6) is 0 Å². The molecule has 0 aromatic heterocycles. The van der Waals surface area contributed by atoms with E-state index in [4.69, 9.17) is 4.74 Å². The summed E-state index contributed by atoms with van der Waals surface area (Å²) in [5, 5.41) is 6.52. The number of nitrogens with one attached hydrogen (secondary N) is 2. The fourth-order valence-corrected chi connectivity index (χ4v) is 3.24. The van der Waals surface area contributed by atoms with E-state index in [1.54, 1.807) is 7.11 Å². The lowest BCUT2D eigenvalue weighted by molar-refractivity contribution is -0.133. The summed E-state index contributed by atoms with van der Waals surface area (Å²) >= 11 is 0. The van der Waals surface area contributed by atoms with Gasteiger partial charge in [-0.3, -0.25) is 4.79 Å². The van der Waals surface area contributed by atoms with E-state index in [1.807, 2.05) is 0 Å². The second-order valence-corrected chi connectivity index (χ2v) is 6.99. The van der Waals surface area contributed by atoms with Crippen LogP contribution in [0.15, 0.2) is 0 Å². The molecular formula is C14H26N2O2. The fraction of sp³-hybridized carbons (Fsp3) is 0.929. The van der Waals surface area contributed by atoms with Gasteiger partial charge in [0.15, 0.2) is 0 Å². The van der Waals surface area contributed by atoms with Gasteiger partial charge in [0.1, 0.15) is 0 Å². The Morgan fingerprint density at radius 1 is 1.33 bits per heavy atom. The lowest BCUT2D eigenvalue weighted by Crippen LogP contribution is -2.47. The van der Waals surface area contributed by atoms with Crippen molar-refractivity contribution in [3.63, 3.8) is 0 Å². The molecule has 2 fully saturated rings. The summed E-state index contributed by atoms with van der Waals surface area (Å²) < 4.78 is 5.26. The number of hydrogen-bond donors (Lipinski definition) is 2. The number of methoxy groups -OCH3 is 1. The Morgan fingerprint density at radius 2 is 1.94 bits per heavy atom. The van der Waals surface area contributed by atoms with E-state index in [1.165, 1.54) is 0 Å². The molecule has 4 nitrogen and oxygen atoms in total. The van der Waals surface area contributed by atoms with Crippen LogP contribution in [0.2, 0.25) is 0 Å². The maximum absolute atomic E-state index is 12.6. The van der Waals surface area contributed by atoms with E-state index < -0.39 is 0 Å². The average Bonchev–Trinajstić information content (AvgIpc) is 2.69. The maximum atomic E-state index is 12.6. The summed E-state index contributed by atoms with van der Waals surface area (Å²) in [5.74, 6) is 0.151. The minimum absolute atomic E-state index is 0.151. The molecule has 104 valence electrons. The minimum Gasteiger partial charge on any atom is -0.384 e. The maximum Gasteiger partial charge on any atom is 0.230 e. The highest BCUT2D eigenvalue weighted by molar-refractivity contribution is 5.84. The number of rotatable bonds is 4. The van der Waals surface area contributed by atoms with Crippen molar-refractivity contribution in [2.75, 3.05) is 26.8 Å². The predicted octanol–water partition coefficient (Wildman–Crippen LogP) is 1.16. The highest BCUT2D eigenvalue weighted by Gasteiger charge is 2.66. The van der Waals surface area contributed by atoms with Crippen molar-refractivity contribution in [3.05, 3.63) is 0 Å². The van der Waals surface area contributed by atoms with Gasteiger partial charge in [-0.05, 0) is 23.8 Å². The van der Waals surface area contributed by atoms with Crippen LogP contribution >= 0.6 is 0 Å². The summed E-state index contributed by atoms with van der Waals surface area (Å²) in [6.45, 7) is 11.0. The third-order valence-corrected chi connectivity index (χ3v) is 5.44. The lowest BCUT2D eigenvalue weighted by Gasteiger charge is -2.26. The lowest BCUT2D eigenvalue weighted by atomic mass is 9.87. The smallest absolute Gasteiger partial charge is 0.230 e. The standard InChI is InChI=1S/C14H26N2O2/c1-12(2)10(13(12,3)4)16-11(17)14(9-18-5)6-7-15-8-14/h10,15H,6-9H2,1-5H3,(H,16,17). The van der Waals surface area contributed by atoms with Crippen LogP contribution in [-0.2, 0) is 9.53 Å². The van der Waals surface area contributed by atoms with E-state index in [0.717, 1.165) is 19.5 Å². The number of ether oxygens (including phenoxy) is 1. The van der Waals surface area contributed by atoms with E-state index in [-0.39, 0.29) is 28.2 Å².